The first kappa shape index (κ1) is 12.9. The molecular weight excluding hydrogens is 222 g/mol. The summed E-state index contributed by atoms with van der Waals surface area (Å²) < 4.78 is 0. The van der Waals surface area contributed by atoms with Crippen LogP contribution in [-0.4, -0.2) is 28.2 Å². The highest BCUT2D eigenvalue weighted by molar-refractivity contribution is 5.87. The van der Waals surface area contributed by atoms with Crippen LogP contribution < -0.4 is 5.73 Å². The molecule has 1 aromatic rings. The van der Waals surface area contributed by atoms with Crippen LogP contribution >= 0.6 is 0 Å². The fraction of sp³-hybridized carbons (Fsp3) is 0.167. The third-order valence-electron chi connectivity index (χ3n) is 2.22. The van der Waals surface area contributed by atoms with Crippen molar-refractivity contribution in [2.24, 2.45) is 11.7 Å². The van der Waals surface area contributed by atoms with Crippen LogP contribution in [0.4, 0.5) is 0 Å². The molecule has 0 heterocycles. The molecule has 0 radical (unpaired) electrons. The van der Waals surface area contributed by atoms with Crippen molar-refractivity contribution in [2.45, 2.75) is 6.10 Å². The summed E-state index contributed by atoms with van der Waals surface area (Å²) in [6, 6.07) is 8.98. The number of benzene rings is 1. The van der Waals surface area contributed by atoms with Crippen molar-refractivity contribution in [1.29, 1.82) is 0 Å². The first-order valence-electron chi connectivity index (χ1n) is 4.96. The van der Waals surface area contributed by atoms with Crippen molar-refractivity contribution in [1.82, 2.24) is 0 Å². The van der Waals surface area contributed by atoms with Crippen LogP contribution in [0.5, 0.6) is 0 Å². The Kier molecular flexibility index (Phi) is 4.42. The summed E-state index contributed by atoms with van der Waals surface area (Å²) in [5.41, 5.74) is 5.81. The summed E-state index contributed by atoms with van der Waals surface area (Å²) in [5.74, 6) is -3.61. The smallest absolute Gasteiger partial charge is 0.333 e. The second-order valence-electron chi connectivity index (χ2n) is 3.48. The summed E-state index contributed by atoms with van der Waals surface area (Å²) in [7, 11) is 0. The molecule has 0 saturated heterocycles. The van der Waals surface area contributed by atoms with Gasteiger partial charge in [0.25, 0.3) is 0 Å². The molecule has 1 amide bonds. The zero-order valence-electron chi connectivity index (χ0n) is 8.98. The molecule has 5 heteroatoms. The van der Waals surface area contributed by atoms with Gasteiger partial charge in [-0.1, -0.05) is 42.5 Å². The highest BCUT2D eigenvalue weighted by Gasteiger charge is 2.27. The minimum absolute atomic E-state index is 0.788. The number of hydrogen-bond acceptors (Lipinski definition) is 3. The molecule has 4 N–H and O–H groups in total. The number of primary amides is 1. The Bertz CT molecular complexity index is 427. The summed E-state index contributed by atoms with van der Waals surface area (Å²) in [5, 5.41) is 17.9. The van der Waals surface area contributed by atoms with Crippen LogP contribution in [0.1, 0.15) is 5.56 Å². The van der Waals surface area contributed by atoms with Crippen LogP contribution in [0.15, 0.2) is 36.4 Å². The van der Waals surface area contributed by atoms with E-state index in [2.05, 4.69) is 0 Å². The topological polar surface area (TPSA) is 101 Å². The Morgan fingerprint density at radius 2 is 1.82 bits per heavy atom. The molecule has 0 saturated carbocycles. The average molecular weight is 235 g/mol. The van der Waals surface area contributed by atoms with Crippen molar-refractivity contribution >= 4 is 18.0 Å². The number of carboxylic acid groups (broad SMARTS) is 1. The second-order valence-corrected chi connectivity index (χ2v) is 3.48. The molecule has 1 aromatic carbocycles. The number of amides is 1. The lowest BCUT2D eigenvalue weighted by Crippen LogP contribution is -2.37. The summed E-state index contributed by atoms with van der Waals surface area (Å²) in [4.78, 5) is 21.6. The predicted octanol–water partition coefficient (Wildman–Crippen LogP) is 0.247. The number of carbonyl (C=O) groups is 2. The Hall–Kier alpha value is -2.14. The molecule has 0 aromatic heterocycles. The number of rotatable bonds is 5. The summed E-state index contributed by atoms with van der Waals surface area (Å²) in [6.07, 6.45) is 1.00. The Morgan fingerprint density at radius 3 is 2.29 bits per heavy atom. The van der Waals surface area contributed by atoms with E-state index in [0.717, 1.165) is 5.56 Å². The van der Waals surface area contributed by atoms with Crippen molar-refractivity contribution in [2.75, 3.05) is 0 Å². The first-order valence-corrected chi connectivity index (χ1v) is 4.96. The molecule has 0 fully saturated rings. The average Bonchev–Trinajstić information content (AvgIpc) is 2.29. The van der Waals surface area contributed by atoms with Gasteiger partial charge in [-0.25, -0.2) is 4.79 Å². The maximum Gasteiger partial charge on any atom is 0.333 e. The lowest BCUT2D eigenvalue weighted by Gasteiger charge is -2.11. The molecule has 2 unspecified atom stereocenters. The molecule has 90 valence electrons. The maximum absolute atomic E-state index is 11.0. The Morgan fingerprint density at radius 1 is 1.24 bits per heavy atom. The van der Waals surface area contributed by atoms with Crippen LogP contribution in [0.2, 0.25) is 0 Å². The van der Waals surface area contributed by atoms with Crippen molar-refractivity contribution in [3.63, 3.8) is 0 Å². The molecule has 0 spiro atoms. The predicted molar refractivity (Wildman–Crippen MR) is 61.8 cm³/mol. The number of aliphatic carboxylic acids is 1. The minimum atomic E-state index is -1.83. The lowest BCUT2D eigenvalue weighted by molar-refractivity contribution is -0.151. The van der Waals surface area contributed by atoms with Gasteiger partial charge < -0.3 is 15.9 Å². The summed E-state index contributed by atoms with van der Waals surface area (Å²) in [6.45, 7) is 0. The van der Waals surface area contributed by atoms with E-state index in [9.17, 15) is 14.7 Å². The van der Waals surface area contributed by atoms with Gasteiger partial charge in [0.1, 0.15) is 0 Å². The lowest BCUT2D eigenvalue weighted by atomic mass is 10.00. The third kappa shape index (κ3) is 3.73. The molecule has 0 aliphatic heterocycles. The molecule has 0 aliphatic carbocycles. The largest absolute Gasteiger partial charge is 0.479 e. The first-order chi connectivity index (χ1) is 8.02. The van der Waals surface area contributed by atoms with E-state index in [0.29, 0.717) is 0 Å². The van der Waals surface area contributed by atoms with E-state index in [4.69, 9.17) is 10.8 Å². The van der Waals surface area contributed by atoms with Crippen LogP contribution in [0.3, 0.4) is 0 Å². The minimum Gasteiger partial charge on any atom is -0.479 e. The van der Waals surface area contributed by atoms with Crippen LogP contribution in [0, 0.1) is 5.92 Å². The third-order valence-corrected chi connectivity index (χ3v) is 2.22. The summed E-state index contributed by atoms with van der Waals surface area (Å²) >= 11 is 0. The van der Waals surface area contributed by atoms with Gasteiger partial charge in [0.05, 0.1) is 5.92 Å². The van der Waals surface area contributed by atoms with E-state index in [1.165, 1.54) is 6.08 Å². The standard InChI is InChI=1S/C12H13NO4/c13-11(15)9(10(14)12(16)17)7-6-8-4-2-1-3-5-8/h1-7,9-10,14H,(H2,13,15)(H,16,17). The second kappa shape index (κ2) is 5.81. The molecule has 0 aliphatic rings. The van der Waals surface area contributed by atoms with Crippen LogP contribution in [0.25, 0.3) is 6.08 Å². The highest BCUT2D eigenvalue weighted by Crippen LogP contribution is 2.10. The monoisotopic (exact) mass is 235 g/mol. The number of aliphatic hydroxyl groups is 1. The zero-order chi connectivity index (χ0) is 12.8. The highest BCUT2D eigenvalue weighted by atomic mass is 16.4. The molecule has 1 rings (SSSR count). The fourth-order valence-corrected chi connectivity index (χ4v) is 1.29. The van der Waals surface area contributed by atoms with E-state index < -0.39 is 23.9 Å². The van der Waals surface area contributed by atoms with E-state index in [-0.39, 0.29) is 0 Å². The SMILES string of the molecule is NC(=O)C(C=Cc1ccccc1)C(O)C(=O)O. The van der Waals surface area contributed by atoms with E-state index >= 15 is 0 Å². The molecular formula is C12H13NO4. The molecule has 0 bridgehead atoms. The van der Waals surface area contributed by atoms with Crippen molar-refractivity contribution in [3.05, 3.63) is 42.0 Å². The fourth-order valence-electron chi connectivity index (χ4n) is 1.29. The Labute approximate surface area is 98.2 Å². The number of hydrogen-bond donors (Lipinski definition) is 3. The Balaban J connectivity index is 2.84. The number of carboxylic acids is 1. The molecule has 5 nitrogen and oxygen atoms in total. The molecule has 17 heavy (non-hydrogen) atoms. The van der Waals surface area contributed by atoms with Crippen molar-refractivity contribution < 1.29 is 19.8 Å². The van der Waals surface area contributed by atoms with Gasteiger partial charge in [0.15, 0.2) is 6.10 Å². The zero-order valence-corrected chi connectivity index (χ0v) is 8.98. The van der Waals surface area contributed by atoms with Gasteiger partial charge in [-0.15, -0.1) is 0 Å². The number of carbonyl (C=O) groups excluding carboxylic acids is 1. The van der Waals surface area contributed by atoms with E-state index in [1.807, 2.05) is 6.07 Å². The number of aliphatic hydroxyl groups excluding tert-OH is 1. The number of nitrogens with two attached hydrogens (primary N) is 1. The van der Waals surface area contributed by atoms with Gasteiger partial charge >= 0.3 is 5.97 Å². The van der Waals surface area contributed by atoms with E-state index in [1.54, 1.807) is 30.3 Å². The van der Waals surface area contributed by atoms with Gasteiger partial charge in [-0.05, 0) is 5.56 Å². The van der Waals surface area contributed by atoms with Gasteiger partial charge in [-0.2, -0.15) is 0 Å². The maximum atomic E-state index is 11.0. The van der Waals surface area contributed by atoms with Gasteiger partial charge in [-0.3, -0.25) is 4.79 Å². The van der Waals surface area contributed by atoms with Gasteiger partial charge in [0.2, 0.25) is 5.91 Å². The normalized spacial score (nSPS) is 14.4. The van der Waals surface area contributed by atoms with Crippen LogP contribution in [-0.2, 0) is 9.59 Å². The molecule has 2 atom stereocenters. The quantitative estimate of drug-likeness (QED) is 0.680. The van der Waals surface area contributed by atoms with Crippen molar-refractivity contribution in [3.8, 4) is 0 Å². The van der Waals surface area contributed by atoms with Gasteiger partial charge in [0, 0.05) is 0 Å².